The second kappa shape index (κ2) is 16.5. The minimum Gasteiger partial charge on any atom is -0.497 e. The van der Waals surface area contributed by atoms with Crippen LogP contribution in [0.3, 0.4) is 0 Å². The Kier molecular flexibility index (Phi) is 11.4. The smallest absolute Gasteiger partial charge is 0.273 e. The summed E-state index contributed by atoms with van der Waals surface area (Å²) in [6.07, 6.45) is 3.24. The molecule has 0 atom stereocenters. The molecule has 4 aromatic rings. The summed E-state index contributed by atoms with van der Waals surface area (Å²) in [6, 6.07) is 28.3. The number of nitrogens with one attached hydrogen (secondary N) is 1. The van der Waals surface area contributed by atoms with Crippen LogP contribution in [-0.2, 0) is 29.5 Å². The Labute approximate surface area is 293 Å². The molecular formula is C40H45N3O7. The second-order valence-electron chi connectivity index (χ2n) is 12.8. The van der Waals surface area contributed by atoms with Crippen molar-refractivity contribution in [3.63, 3.8) is 0 Å². The molecule has 0 unspecified atom stereocenters. The van der Waals surface area contributed by atoms with Gasteiger partial charge < -0.3 is 38.7 Å². The SMILES string of the molecule is COc1ccc(CO/N=C(\C(=O)NCC23CCN(CC2)CC3)c2ccc(OCc3ccc(OC)cc3)c(OCc3ccc(OC)cc3)c2)cc1. The number of piperidine rings is 3. The van der Waals surface area contributed by atoms with Crippen molar-refractivity contribution in [1.29, 1.82) is 0 Å². The van der Waals surface area contributed by atoms with Gasteiger partial charge in [-0.3, -0.25) is 4.79 Å². The molecule has 3 aliphatic rings. The first-order valence-corrected chi connectivity index (χ1v) is 17.0. The lowest BCUT2D eigenvalue weighted by molar-refractivity contribution is -0.116. The molecule has 3 saturated heterocycles. The molecule has 0 aliphatic carbocycles. The Hall–Kier alpha value is -5.22. The molecule has 50 heavy (non-hydrogen) atoms. The zero-order valence-electron chi connectivity index (χ0n) is 29.0. The van der Waals surface area contributed by atoms with Crippen LogP contribution in [0.15, 0.2) is 96.2 Å². The number of methoxy groups -OCH3 is 3. The largest absolute Gasteiger partial charge is 0.497 e. The van der Waals surface area contributed by atoms with Gasteiger partial charge in [-0.2, -0.15) is 0 Å². The molecule has 7 rings (SSSR count). The van der Waals surface area contributed by atoms with Gasteiger partial charge in [0.2, 0.25) is 0 Å². The highest BCUT2D eigenvalue weighted by Gasteiger charge is 2.39. The molecule has 0 spiro atoms. The summed E-state index contributed by atoms with van der Waals surface area (Å²) in [6.45, 7) is 4.61. The van der Waals surface area contributed by atoms with E-state index in [4.69, 9.17) is 28.5 Å². The van der Waals surface area contributed by atoms with Crippen molar-refractivity contribution in [3.05, 3.63) is 113 Å². The number of oxime groups is 1. The lowest BCUT2D eigenvalue weighted by Gasteiger charge is -2.48. The zero-order chi connectivity index (χ0) is 34.8. The fraction of sp³-hybridized carbons (Fsp3) is 0.350. The number of benzene rings is 4. The highest BCUT2D eigenvalue weighted by atomic mass is 16.6. The standard InChI is InChI=1S/C40H45N3O7/c1-45-33-11-4-29(5-12-33)25-48-36-17-10-32(24-37(36)49-26-30-6-13-34(46-2)14-7-30)38(42-50-27-31-8-15-35(47-3)16-9-31)39(44)41-28-40-18-21-43(22-19-40)23-20-40/h4-17,24H,18-23,25-28H2,1-3H3,(H,41,44)/b42-38-. The Morgan fingerprint density at radius 3 is 1.64 bits per heavy atom. The van der Waals surface area contributed by atoms with Crippen molar-refractivity contribution in [2.24, 2.45) is 10.6 Å². The summed E-state index contributed by atoms with van der Waals surface area (Å²) in [7, 11) is 4.90. The van der Waals surface area contributed by atoms with E-state index in [0.717, 1.165) is 72.8 Å². The number of hydrogen-bond donors (Lipinski definition) is 1. The fourth-order valence-electron chi connectivity index (χ4n) is 6.28. The fourth-order valence-corrected chi connectivity index (χ4v) is 6.28. The zero-order valence-corrected chi connectivity index (χ0v) is 29.0. The number of rotatable bonds is 16. The predicted molar refractivity (Wildman–Crippen MR) is 191 cm³/mol. The van der Waals surface area contributed by atoms with Gasteiger partial charge in [0.15, 0.2) is 17.2 Å². The maximum absolute atomic E-state index is 13.9. The summed E-state index contributed by atoms with van der Waals surface area (Å²) >= 11 is 0. The van der Waals surface area contributed by atoms with E-state index >= 15 is 0 Å². The maximum atomic E-state index is 13.9. The van der Waals surface area contributed by atoms with Crippen molar-refractivity contribution >= 4 is 11.6 Å². The van der Waals surface area contributed by atoms with Crippen LogP contribution < -0.4 is 29.0 Å². The van der Waals surface area contributed by atoms with E-state index in [-0.39, 0.29) is 30.2 Å². The van der Waals surface area contributed by atoms with Gasteiger partial charge in [-0.25, -0.2) is 0 Å². The van der Waals surface area contributed by atoms with Gasteiger partial charge in [0.1, 0.15) is 37.1 Å². The Balaban J connectivity index is 1.25. The van der Waals surface area contributed by atoms with Crippen LogP contribution >= 0.6 is 0 Å². The first-order valence-electron chi connectivity index (χ1n) is 17.0. The molecule has 4 aromatic carbocycles. The van der Waals surface area contributed by atoms with E-state index in [0.29, 0.717) is 30.2 Å². The Morgan fingerprint density at radius 1 is 0.660 bits per heavy atom. The van der Waals surface area contributed by atoms with Gasteiger partial charge in [0.25, 0.3) is 5.91 Å². The van der Waals surface area contributed by atoms with Gasteiger partial charge in [0.05, 0.1) is 21.3 Å². The minimum atomic E-state index is -0.296. The average Bonchev–Trinajstić information content (AvgIpc) is 3.18. The van der Waals surface area contributed by atoms with Gasteiger partial charge in [-0.05, 0) is 116 Å². The summed E-state index contributed by atoms with van der Waals surface area (Å²) in [5, 5.41) is 7.63. The number of carbonyl (C=O) groups is 1. The number of carbonyl (C=O) groups excluding carboxylic acids is 1. The molecule has 2 bridgehead atoms. The van der Waals surface area contributed by atoms with Gasteiger partial charge >= 0.3 is 0 Å². The molecule has 0 saturated carbocycles. The molecule has 10 heteroatoms. The third kappa shape index (κ3) is 8.87. The molecule has 1 amide bonds. The summed E-state index contributed by atoms with van der Waals surface area (Å²) in [5.74, 6) is 3.00. The third-order valence-corrected chi connectivity index (χ3v) is 9.58. The highest BCUT2D eigenvalue weighted by Crippen LogP contribution is 2.39. The number of fused-ring (bicyclic) bond motifs is 3. The van der Waals surface area contributed by atoms with E-state index in [2.05, 4.69) is 15.4 Å². The minimum absolute atomic E-state index is 0.116. The molecule has 3 heterocycles. The molecule has 10 nitrogen and oxygen atoms in total. The van der Waals surface area contributed by atoms with Crippen LogP contribution in [0.4, 0.5) is 0 Å². The van der Waals surface area contributed by atoms with E-state index < -0.39 is 0 Å². The molecule has 262 valence electrons. The summed E-state index contributed by atoms with van der Waals surface area (Å²) < 4.78 is 28.5. The van der Waals surface area contributed by atoms with Gasteiger partial charge in [-0.15, -0.1) is 0 Å². The van der Waals surface area contributed by atoms with Crippen LogP contribution in [0.5, 0.6) is 28.7 Å². The van der Waals surface area contributed by atoms with Crippen molar-refractivity contribution in [2.45, 2.75) is 39.1 Å². The van der Waals surface area contributed by atoms with Crippen molar-refractivity contribution in [3.8, 4) is 28.7 Å². The Bertz CT molecular complexity index is 1720. The van der Waals surface area contributed by atoms with Crippen LogP contribution in [0.25, 0.3) is 0 Å². The quantitative estimate of drug-likeness (QED) is 0.107. The molecule has 0 aromatic heterocycles. The third-order valence-electron chi connectivity index (χ3n) is 9.58. The normalized spacial score (nSPS) is 18.2. The number of amides is 1. The summed E-state index contributed by atoms with van der Waals surface area (Å²) in [5.41, 5.74) is 3.65. The highest BCUT2D eigenvalue weighted by molar-refractivity contribution is 6.45. The molecule has 3 aliphatic heterocycles. The van der Waals surface area contributed by atoms with E-state index in [1.165, 1.54) is 0 Å². The molecule has 0 radical (unpaired) electrons. The van der Waals surface area contributed by atoms with Crippen LogP contribution in [0.1, 0.15) is 41.5 Å². The lowest BCUT2D eigenvalue weighted by Crippen LogP contribution is -2.53. The summed E-state index contributed by atoms with van der Waals surface area (Å²) in [4.78, 5) is 22.2. The monoisotopic (exact) mass is 679 g/mol. The van der Waals surface area contributed by atoms with Crippen molar-refractivity contribution in [2.75, 3.05) is 47.5 Å². The maximum Gasteiger partial charge on any atom is 0.273 e. The first-order chi connectivity index (χ1) is 24.5. The van der Waals surface area contributed by atoms with Crippen molar-refractivity contribution < 1.29 is 33.3 Å². The lowest BCUT2D eigenvalue weighted by atomic mass is 9.72. The van der Waals surface area contributed by atoms with E-state index in [1.54, 1.807) is 27.4 Å². The Morgan fingerprint density at radius 2 is 1.14 bits per heavy atom. The van der Waals surface area contributed by atoms with Crippen molar-refractivity contribution in [1.82, 2.24) is 10.2 Å². The average molecular weight is 680 g/mol. The molecule has 1 N–H and O–H groups in total. The molecular weight excluding hydrogens is 634 g/mol. The number of hydrogen-bond acceptors (Lipinski definition) is 9. The topological polar surface area (TPSA) is 100 Å². The van der Waals surface area contributed by atoms with E-state index in [1.807, 2.05) is 84.9 Å². The van der Waals surface area contributed by atoms with Crippen LogP contribution in [0.2, 0.25) is 0 Å². The second-order valence-corrected chi connectivity index (χ2v) is 12.8. The predicted octanol–water partition coefficient (Wildman–Crippen LogP) is 6.39. The molecule has 3 fully saturated rings. The first kappa shape index (κ1) is 34.6. The number of ether oxygens (including phenoxy) is 5. The van der Waals surface area contributed by atoms with Gasteiger partial charge in [-0.1, -0.05) is 41.6 Å². The van der Waals surface area contributed by atoms with Crippen LogP contribution in [0, 0.1) is 5.41 Å². The van der Waals surface area contributed by atoms with E-state index in [9.17, 15) is 4.79 Å². The van der Waals surface area contributed by atoms with Gasteiger partial charge in [0, 0.05) is 12.1 Å². The number of nitrogens with zero attached hydrogens (tertiary/aromatic N) is 2. The van der Waals surface area contributed by atoms with Crippen LogP contribution in [-0.4, -0.2) is 64.0 Å².